The third kappa shape index (κ3) is 4.33. The van der Waals surface area contributed by atoms with Crippen molar-refractivity contribution in [2.75, 3.05) is 0 Å². The Balaban J connectivity index is 2.00. The van der Waals surface area contributed by atoms with Crippen LogP contribution in [-0.4, -0.2) is 23.0 Å². The summed E-state index contributed by atoms with van der Waals surface area (Å²) in [6, 6.07) is 9.74. The molecule has 1 aromatic carbocycles. The Morgan fingerprint density at radius 1 is 1.32 bits per heavy atom. The highest BCUT2D eigenvalue weighted by atomic mass is 32.1. The van der Waals surface area contributed by atoms with Crippen LogP contribution in [0.2, 0.25) is 0 Å². The molecule has 0 aliphatic rings. The van der Waals surface area contributed by atoms with Gasteiger partial charge >= 0.3 is 5.97 Å². The van der Waals surface area contributed by atoms with Crippen molar-refractivity contribution in [2.24, 2.45) is 0 Å². The zero-order valence-corrected chi connectivity index (χ0v) is 12.9. The van der Waals surface area contributed by atoms with E-state index in [1.165, 1.54) is 0 Å². The predicted molar refractivity (Wildman–Crippen MR) is 84.3 cm³/mol. The topological polar surface area (TPSA) is 75.6 Å². The maximum atomic E-state index is 12.1. The normalized spacial score (nSPS) is 11.7. The molecule has 1 aromatic heterocycles. The van der Waals surface area contributed by atoms with Gasteiger partial charge in [-0.2, -0.15) is 0 Å². The number of hydrogen-bond acceptors (Lipinski definition) is 4. The summed E-state index contributed by atoms with van der Waals surface area (Å²) in [4.78, 5) is 24.1. The molecule has 0 aliphatic heterocycles. The second-order valence-corrected chi connectivity index (χ2v) is 5.70. The van der Waals surface area contributed by atoms with Crippen molar-refractivity contribution in [3.05, 3.63) is 52.2 Å². The number of carbonyl (C=O) groups excluding carboxylic acids is 1. The summed E-state index contributed by atoms with van der Waals surface area (Å²) in [5.41, 5.74) is 0.378. The van der Waals surface area contributed by atoms with Crippen molar-refractivity contribution in [1.29, 1.82) is 0 Å². The molecule has 0 aliphatic carbocycles. The van der Waals surface area contributed by atoms with E-state index < -0.39 is 17.9 Å². The molecule has 1 amide bonds. The molecule has 0 saturated carbocycles. The fourth-order valence-corrected chi connectivity index (χ4v) is 2.47. The van der Waals surface area contributed by atoms with Crippen LogP contribution in [0.3, 0.4) is 0 Å². The number of thiophene rings is 1. The second-order valence-electron chi connectivity index (χ2n) is 4.67. The predicted octanol–water partition coefficient (Wildman–Crippen LogP) is 2.92. The number of carboxylic acid groups (broad SMARTS) is 1. The summed E-state index contributed by atoms with van der Waals surface area (Å²) >= 11 is 1.60. The minimum atomic E-state index is -1.04. The van der Waals surface area contributed by atoms with Crippen molar-refractivity contribution >= 4 is 23.2 Å². The summed E-state index contributed by atoms with van der Waals surface area (Å²) in [5.74, 6) is -0.888. The summed E-state index contributed by atoms with van der Waals surface area (Å²) in [6.45, 7) is 2.15. The molecule has 1 atom stereocenters. The highest BCUT2D eigenvalue weighted by molar-refractivity contribution is 7.09. The minimum Gasteiger partial charge on any atom is -0.488 e. The van der Waals surface area contributed by atoms with Crippen molar-refractivity contribution in [1.82, 2.24) is 5.32 Å². The molecule has 0 spiro atoms. The molecule has 0 fully saturated rings. The minimum absolute atomic E-state index is 0.329. The first-order valence-electron chi connectivity index (χ1n) is 6.89. The molecule has 116 valence electrons. The van der Waals surface area contributed by atoms with E-state index in [9.17, 15) is 9.59 Å². The Kier molecular flexibility index (Phi) is 5.55. The number of rotatable bonds is 7. The molecule has 0 saturated heterocycles. The molecule has 6 heteroatoms. The molecule has 2 aromatic rings. The molecule has 5 nitrogen and oxygen atoms in total. The van der Waals surface area contributed by atoms with Crippen LogP contribution in [0.15, 0.2) is 41.8 Å². The quantitative estimate of drug-likeness (QED) is 0.823. The Hall–Kier alpha value is -2.34. The molecule has 2 rings (SSSR count). The van der Waals surface area contributed by atoms with E-state index >= 15 is 0 Å². The number of carbonyl (C=O) groups is 2. The van der Waals surface area contributed by atoms with Crippen molar-refractivity contribution in [3.63, 3.8) is 0 Å². The lowest BCUT2D eigenvalue weighted by Crippen LogP contribution is -2.40. The van der Waals surface area contributed by atoms with Gasteiger partial charge in [0.2, 0.25) is 0 Å². The summed E-state index contributed by atoms with van der Waals surface area (Å²) < 4.78 is 5.63. The van der Waals surface area contributed by atoms with E-state index in [4.69, 9.17) is 9.84 Å². The van der Waals surface area contributed by atoms with Crippen LogP contribution in [0.1, 0.15) is 28.6 Å². The maximum Gasteiger partial charge on any atom is 0.326 e. The summed E-state index contributed by atoms with van der Waals surface area (Å²) in [5, 5.41) is 13.4. The van der Waals surface area contributed by atoms with Crippen molar-refractivity contribution in [2.45, 2.75) is 26.0 Å². The van der Waals surface area contributed by atoms with Gasteiger partial charge in [-0.05, 0) is 36.1 Å². The average molecular weight is 319 g/mol. The monoisotopic (exact) mass is 319 g/mol. The Morgan fingerprint density at radius 3 is 2.77 bits per heavy atom. The van der Waals surface area contributed by atoms with Gasteiger partial charge in [-0.15, -0.1) is 11.3 Å². The molecule has 22 heavy (non-hydrogen) atoms. The Morgan fingerprint density at radius 2 is 2.14 bits per heavy atom. The molecule has 0 radical (unpaired) electrons. The van der Waals surface area contributed by atoms with Crippen LogP contribution in [0.25, 0.3) is 0 Å². The molecular formula is C16H17NO4S. The highest BCUT2D eigenvalue weighted by Gasteiger charge is 2.18. The van der Waals surface area contributed by atoms with E-state index in [2.05, 4.69) is 5.32 Å². The zero-order chi connectivity index (χ0) is 15.9. The van der Waals surface area contributed by atoms with Gasteiger partial charge in [0.05, 0.1) is 0 Å². The summed E-state index contributed by atoms with van der Waals surface area (Å²) in [6.07, 6.45) is 0.329. The van der Waals surface area contributed by atoms with Crippen LogP contribution in [0, 0.1) is 0 Å². The van der Waals surface area contributed by atoms with Crippen LogP contribution in [0.5, 0.6) is 5.75 Å². The standard InChI is InChI=1S/C16H17NO4S/c1-2-14(16(19)20)17-15(18)11-5-3-6-12(9-11)21-10-13-7-4-8-22-13/h3-9,14H,2,10H2,1H3,(H,17,18)(H,19,20). The molecule has 1 heterocycles. The van der Waals surface area contributed by atoms with Gasteiger partial charge in [-0.1, -0.05) is 19.1 Å². The van der Waals surface area contributed by atoms with Gasteiger partial charge in [0.1, 0.15) is 18.4 Å². The first-order valence-corrected chi connectivity index (χ1v) is 7.77. The number of carboxylic acids is 1. The second kappa shape index (κ2) is 7.61. The van der Waals surface area contributed by atoms with Crippen molar-refractivity contribution < 1.29 is 19.4 Å². The largest absolute Gasteiger partial charge is 0.488 e. The van der Waals surface area contributed by atoms with E-state index in [0.29, 0.717) is 24.3 Å². The van der Waals surface area contributed by atoms with Gasteiger partial charge < -0.3 is 15.2 Å². The average Bonchev–Trinajstić information content (AvgIpc) is 3.03. The third-order valence-electron chi connectivity index (χ3n) is 3.07. The molecule has 1 unspecified atom stereocenters. The molecular weight excluding hydrogens is 302 g/mol. The Bertz CT molecular complexity index is 639. The first kappa shape index (κ1) is 16.0. The number of benzene rings is 1. The highest BCUT2D eigenvalue weighted by Crippen LogP contribution is 2.17. The van der Waals surface area contributed by atoms with Gasteiger partial charge in [0.25, 0.3) is 5.91 Å². The first-order chi connectivity index (χ1) is 10.6. The number of aliphatic carboxylic acids is 1. The van der Waals surface area contributed by atoms with Crippen LogP contribution < -0.4 is 10.1 Å². The number of hydrogen-bond donors (Lipinski definition) is 2. The molecule has 2 N–H and O–H groups in total. The lowest BCUT2D eigenvalue weighted by Gasteiger charge is -2.13. The lowest BCUT2D eigenvalue weighted by atomic mass is 10.1. The van der Waals surface area contributed by atoms with Crippen LogP contribution >= 0.6 is 11.3 Å². The number of amides is 1. The Labute approximate surface area is 132 Å². The van der Waals surface area contributed by atoms with Gasteiger partial charge in [-0.3, -0.25) is 4.79 Å². The van der Waals surface area contributed by atoms with E-state index in [1.807, 2.05) is 17.5 Å². The summed E-state index contributed by atoms with van der Waals surface area (Å²) in [7, 11) is 0. The molecule has 0 bridgehead atoms. The number of nitrogens with one attached hydrogen (secondary N) is 1. The number of ether oxygens (including phenoxy) is 1. The lowest BCUT2D eigenvalue weighted by molar-refractivity contribution is -0.139. The fraction of sp³-hybridized carbons (Fsp3) is 0.250. The van der Waals surface area contributed by atoms with E-state index in [-0.39, 0.29) is 0 Å². The van der Waals surface area contributed by atoms with Gasteiger partial charge in [0, 0.05) is 10.4 Å². The fourth-order valence-electron chi connectivity index (χ4n) is 1.86. The SMILES string of the molecule is CCC(NC(=O)c1cccc(OCc2cccs2)c1)C(=O)O. The maximum absolute atomic E-state index is 12.1. The van der Waals surface area contributed by atoms with Crippen molar-refractivity contribution in [3.8, 4) is 5.75 Å². The zero-order valence-electron chi connectivity index (χ0n) is 12.1. The third-order valence-corrected chi connectivity index (χ3v) is 3.92. The van der Waals surface area contributed by atoms with E-state index in [0.717, 1.165) is 4.88 Å². The smallest absolute Gasteiger partial charge is 0.326 e. The van der Waals surface area contributed by atoms with Gasteiger partial charge in [0.15, 0.2) is 0 Å². The van der Waals surface area contributed by atoms with Crippen LogP contribution in [0.4, 0.5) is 0 Å². The van der Waals surface area contributed by atoms with E-state index in [1.54, 1.807) is 42.5 Å². The van der Waals surface area contributed by atoms with Gasteiger partial charge in [-0.25, -0.2) is 4.79 Å². The van der Waals surface area contributed by atoms with Crippen LogP contribution in [-0.2, 0) is 11.4 Å².